The van der Waals surface area contributed by atoms with Crippen LogP contribution >= 0.6 is 34.3 Å². The van der Waals surface area contributed by atoms with Crippen LogP contribution in [0.15, 0.2) is 71.4 Å². The van der Waals surface area contributed by atoms with Crippen LogP contribution in [0.25, 0.3) is 11.3 Å². The topological polar surface area (TPSA) is 115 Å². The summed E-state index contributed by atoms with van der Waals surface area (Å²) in [6.07, 6.45) is 6.85. The maximum absolute atomic E-state index is 13.2. The molecular formula is C24H19ClN6O3S2. The van der Waals surface area contributed by atoms with E-state index >= 15 is 0 Å². The smallest absolute Gasteiger partial charge is 0.290 e. The number of hydrogen-bond acceptors (Lipinski definition) is 9. The Bertz CT molecular complexity index is 1560. The number of anilines is 1. The lowest BCUT2D eigenvalue weighted by Crippen LogP contribution is -2.20. The summed E-state index contributed by atoms with van der Waals surface area (Å²) in [6, 6.07) is 10.1. The molecule has 0 bridgehead atoms. The minimum Gasteiger partial charge on any atom is -0.507 e. The summed E-state index contributed by atoms with van der Waals surface area (Å²) in [5, 5.41) is 20.1. The van der Waals surface area contributed by atoms with Crippen molar-refractivity contribution >= 4 is 46.0 Å². The van der Waals surface area contributed by atoms with Crippen molar-refractivity contribution < 1.29 is 9.90 Å². The van der Waals surface area contributed by atoms with Crippen molar-refractivity contribution in [3.63, 3.8) is 0 Å². The largest absolute Gasteiger partial charge is 0.507 e. The lowest BCUT2D eigenvalue weighted by molar-refractivity contribution is 0.0952. The zero-order valence-electron chi connectivity index (χ0n) is 18.7. The Morgan fingerprint density at radius 1 is 1.19 bits per heavy atom. The number of nitrogens with zero attached hydrogens (tertiary/aromatic N) is 5. The Kier molecular flexibility index (Phi) is 6.94. The van der Waals surface area contributed by atoms with Gasteiger partial charge in [0, 0.05) is 54.8 Å². The van der Waals surface area contributed by atoms with E-state index in [0.717, 1.165) is 16.6 Å². The van der Waals surface area contributed by atoms with E-state index in [0.29, 0.717) is 45.8 Å². The van der Waals surface area contributed by atoms with Gasteiger partial charge >= 0.3 is 0 Å². The first-order valence-electron chi connectivity index (χ1n) is 10.8. The molecule has 182 valence electrons. The number of aromatic nitrogens is 5. The number of carbonyl (C=O) groups is 1. The van der Waals surface area contributed by atoms with Crippen molar-refractivity contribution in [1.29, 1.82) is 0 Å². The molecule has 2 N–H and O–H groups in total. The van der Waals surface area contributed by atoms with Gasteiger partial charge in [-0.1, -0.05) is 17.7 Å². The molecule has 9 nitrogen and oxygen atoms in total. The Labute approximate surface area is 218 Å². The van der Waals surface area contributed by atoms with Crippen LogP contribution in [-0.2, 0) is 19.5 Å². The van der Waals surface area contributed by atoms with Gasteiger partial charge < -0.3 is 15.0 Å². The van der Waals surface area contributed by atoms with Gasteiger partial charge in [-0.3, -0.25) is 19.6 Å². The maximum Gasteiger partial charge on any atom is 0.290 e. The average molecular weight is 539 g/mol. The first kappa shape index (κ1) is 23.9. The number of aryl methyl sites for hydroxylation is 2. The van der Waals surface area contributed by atoms with Crippen molar-refractivity contribution in [3.05, 3.63) is 96.7 Å². The second-order valence-electron chi connectivity index (χ2n) is 7.72. The quantitative estimate of drug-likeness (QED) is 0.298. The average Bonchev–Trinajstić information content (AvgIpc) is 3.64. The van der Waals surface area contributed by atoms with Crippen molar-refractivity contribution in [2.45, 2.75) is 19.5 Å². The van der Waals surface area contributed by atoms with Gasteiger partial charge in [0.1, 0.15) is 17.3 Å². The van der Waals surface area contributed by atoms with Crippen LogP contribution in [0.3, 0.4) is 0 Å². The van der Waals surface area contributed by atoms with Crippen LogP contribution < -0.4 is 10.9 Å². The lowest BCUT2D eigenvalue weighted by Gasteiger charge is -2.08. The molecule has 0 aliphatic heterocycles. The second kappa shape index (κ2) is 10.4. The Balaban J connectivity index is 1.48. The number of pyridine rings is 1. The number of aromatic hydroxyl groups is 1. The predicted octanol–water partition coefficient (Wildman–Crippen LogP) is 4.53. The van der Waals surface area contributed by atoms with Crippen molar-refractivity contribution in [2.24, 2.45) is 0 Å². The number of thiophene rings is 2. The van der Waals surface area contributed by atoms with Crippen LogP contribution in [0, 0.1) is 0 Å². The third-order valence-electron chi connectivity index (χ3n) is 5.31. The van der Waals surface area contributed by atoms with Gasteiger partial charge in [0.05, 0.1) is 27.0 Å². The van der Waals surface area contributed by atoms with E-state index in [4.69, 9.17) is 11.6 Å². The molecule has 0 aliphatic rings. The Hall–Kier alpha value is -3.80. The fraction of sp³-hybridized carbons (Fsp3) is 0.125. The molecule has 0 saturated carbocycles. The number of rotatable bonds is 8. The van der Waals surface area contributed by atoms with Gasteiger partial charge in [-0.05, 0) is 23.6 Å². The van der Waals surface area contributed by atoms with Crippen LogP contribution in [0.1, 0.15) is 20.2 Å². The highest BCUT2D eigenvalue weighted by Crippen LogP contribution is 2.30. The number of halogens is 1. The first-order valence-corrected chi connectivity index (χ1v) is 12.9. The predicted molar refractivity (Wildman–Crippen MR) is 140 cm³/mol. The summed E-state index contributed by atoms with van der Waals surface area (Å²) < 4.78 is 3.42. The molecule has 0 fully saturated rings. The molecule has 5 rings (SSSR count). The molecule has 5 aromatic heterocycles. The highest BCUT2D eigenvalue weighted by Gasteiger charge is 2.20. The Morgan fingerprint density at radius 3 is 2.81 bits per heavy atom. The summed E-state index contributed by atoms with van der Waals surface area (Å²) >= 11 is 8.79. The molecule has 12 heteroatoms. The monoisotopic (exact) mass is 538 g/mol. The van der Waals surface area contributed by atoms with E-state index < -0.39 is 0 Å². The van der Waals surface area contributed by atoms with E-state index in [2.05, 4.69) is 20.4 Å². The summed E-state index contributed by atoms with van der Waals surface area (Å²) in [6.45, 7) is 0.772. The van der Waals surface area contributed by atoms with E-state index in [1.165, 1.54) is 31.9 Å². The number of carbonyl (C=O) groups excluding carboxylic acids is 1. The van der Waals surface area contributed by atoms with Gasteiger partial charge in [-0.2, -0.15) is 9.78 Å². The van der Waals surface area contributed by atoms with Gasteiger partial charge in [-0.25, -0.2) is 0 Å². The summed E-state index contributed by atoms with van der Waals surface area (Å²) in [7, 11) is 0. The minimum absolute atomic E-state index is 0.222. The zero-order valence-corrected chi connectivity index (χ0v) is 21.1. The van der Waals surface area contributed by atoms with Gasteiger partial charge in [0.15, 0.2) is 0 Å². The molecule has 0 radical (unpaired) electrons. The summed E-state index contributed by atoms with van der Waals surface area (Å²) in [4.78, 5) is 35.5. The fourth-order valence-electron chi connectivity index (χ4n) is 3.55. The molecule has 0 aliphatic carbocycles. The van der Waals surface area contributed by atoms with Crippen LogP contribution in [-0.4, -0.2) is 35.3 Å². The third-order valence-corrected chi connectivity index (χ3v) is 7.40. The highest BCUT2D eigenvalue weighted by atomic mass is 35.5. The van der Waals surface area contributed by atoms with Crippen molar-refractivity contribution in [1.82, 2.24) is 24.3 Å². The van der Waals surface area contributed by atoms with Gasteiger partial charge in [-0.15, -0.1) is 22.7 Å². The number of nitrogens with one attached hydrogen (secondary N) is 1. The molecule has 0 amide bonds. The van der Waals surface area contributed by atoms with Crippen molar-refractivity contribution in [3.8, 4) is 17.0 Å². The summed E-state index contributed by atoms with van der Waals surface area (Å²) in [5.41, 5.74) is 1.05. The van der Waals surface area contributed by atoms with E-state index in [-0.39, 0.29) is 17.2 Å². The zero-order chi connectivity index (χ0) is 25.1. The first-order chi connectivity index (χ1) is 17.5. The van der Waals surface area contributed by atoms with Gasteiger partial charge in [0.2, 0.25) is 0 Å². The molecule has 0 aromatic carbocycles. The molecule has 36 heavy (non-hydrogen) atoms. The fourth-order valence-corrected chi connectivity index (χ4v) is 5.23. The van der Waals surface area contributed by atoms with E-state index in [1.807, 2.05) is 17.5 Å². The summed E-state index contributed by atoms with van der Waals surface area (Å²) in [5.74, 6) is -0.0800. The van der Waals surface area contributed by atoms with Crippen molar-refractivity contribution in [2.75, 3.05) is 5.32 Å². The molecule has 0 saturated heterocycles. The molecular weight excluding hydrogens is 520 g/mol. The maximum atomic E-state index is 13.2. The van der Waals surface area contributed by atoms with Crippen LogP contribution in [0.5, 0.6) is 5.75 Å². The minimum atomic E-state index is -0.359. The molecule has 5 heterocycles. The van der Waals surface area contributed by atoms with Crippen LogP contribution in [0.4, 0.5) is 5.82 Å². The standard InChI is InChI=1S/C24H19ClN6O3S2/c25-21-4-3-16(36-21)13-28-22-10-18(29-31(22)24(34)20-2-1-9-35-20)17-14-30(23(33)11-19(17)32)8-5-15-12-26-6-7-27-15/h1-4,6-7,9-12,14,28,32H,5,8,13H2. The van der Waals surface area contributed by atoms with Gasteiger partial charge in [0.25, 0.3) is 11.5 Å². The normalized spacial score (nSPS) is 11.0. The molecule has 0 unspecified atom stereocenters. The second-order valence-corrected chi connectivity index (χ2v) is 10.5. The highest BCUT2D eigenvalue weighted by molar-refractivity contribution is 7.16. The molecule has 0 spiro atoms. The SMILES string of the molecule is O=C(c1cccs1)n1nc(-c2cn(CCc3cnccn3)c(=O)cc2O)cc1NCc1ccc(Cl)s1. The molecule has 0 atom stereocenters. The molecule has 5 aromatic rings. The Morgan fingerprint density at radius 2 is 2.08 bits per heavy atom. The lowest BCUT2D eigenvalue weighted by atomic mass is 10.2. The van der Waals surface area contributed by atoms with E-state index in [9.17, 15) is 14.7 Å². The van der Waals surface area contributed by atoms with E-state index in [1.54, 1.807) is 43.0 Å². The van der Waals surface area contributed by atoms with Crippen LogP contribution in [0.2, 0.25) is 4.34 Å². The number of hydrogen-bond donors (Lipinski definition) is 2. The third kappa shape index (κ3) is 5.23.